The molecule has 0 aliphatic heterocycles. The van der Waals surface area contributed by atoms with Gasteiger partial charge in [0.25, 0.3) is 0 Å². The third-order valence-electron chi connectivity index (χ3n) is 3.27. The SMILES string of the molecule is CCCCCCC(C)OCc1cc(CN)c(C)o1. The molecule has 0 spiro atoms. The van der Waals surface area contributed by atoms with E-state index in [-0.39, 0.29) is 0 Å². The van der Waals surface area contributed by atoms with Gasteiger partial charge in [0, 0.05) is 12.1 Å². The van der Waals surface area contributed by atoms with E-state index in [4.69, 9.17) is 14.9 Å². The lowest BCUT2D eigenvalue weighted by molar-refractivity contribution is 0.0357. The second kappa shape index (κ2) is 8.33. The minimum Gasteiger partial charge on any atom is -0.464 e. The van der Waals surface area contributed by atoms with E-state index in [0.717, 1.165) is 23.5 Å². The van der Waals surface area contributed by atoms with E-state index >= 15 is 0 Å². The molecule has 0 saturated heterocycles. The molecule has 1 aromatic heterocycles. The summed E-state index contributed by atoms with van der Waals surface area (Å²) in [6.07, 6.45) is 6.59. The third-order valence-corrected chi connectivity index (χ3v) is 3.27. The van der Waals surface area contributed by atoms with Crippen molar-refractivity contribution in [1.29, 1.82) is 0 Å². The topological polar surface area (TPSA) is 48.4 Å². The molecular weight excluding hydrogens is 226 g/mol. The lowest BCUT2D eigenvalue weighted by atomic mass is 10.1. The van der Waals surface area contributed by atoms with Crippen LogP contribution in [0, 0.1) is 6.92 Å². The molecule has 1 aromatic rings. The Hall–Kier alpha value is -0.800. The first-order chi connectivity index (χ1) is 8.67. The normalized spacial score (nSPS) is 12.9. The van der Waals surface area contributed by atoms with E-state index in [1.54, 1.807) is 0 Å². The first-order valence-corrected chi connectivity index (χ1v) is 7.07. The first kappa shape index (κ1) is 15.3. The van der Waals surface area contributed by atoms with E-state index in [9.17, 15) is 0 Å². The van der Waals surface area contributed by atoms with Crippen molar-refractivity contribution in [2.24, 2.45) is 5.73 Å². The Morgan fingerprint density at radius 2 is 2.11 bits per heavy atom. The van der Waals surface area contributed by atoms with E-state index in [0.29, 0.717) is 19.3 Å². The zero-order valence-electron chi connectivity index (χ0n) is 12.0. The Morgan fingerprint density at radius 1 is 1.33 bits per heavy atom. The van der Waals surface area contributed by atoms with Crippen molar-refractivity contribution in [3.63, 3.8) is 0 Å². The van der Waals surface area contributed by atoms with E-state index in [2.05, 4.69) is 13.8 Å². The van der Waals surface area contributed by atoms with Crippen LogP contribution < -0.4 is 5.73 Å². The second-order valence-corrected chi connectivity index (χ2v) is 4.97. The maximum Gasteiger partial charge on any atom is 0.130 e. The molecule has 0 amide bonds. The molecule has 2 N–H and O–H groups in total. The fourth-order valence-electron chi connectivity index (χ4n) is 2.03. The summed E-state index contributed by atoms with van der Waals surface area (Å²) in [4.78, 5) is 0. The van der Waals surface area contributed by atoms with Crippen molar-refractivity contribution >= 4 is 0 Å². The number of aryl methyl sites for hydroxylation is 1. The lowest BCUT2D eigenvalue weighted by Crippen LogP contribution is -2.07. The average Bonchev–Trinajstić information content (AvgIpc) is 2.73. The number of ether oxygens (including phenoxy) is 1. The summed E-state index contributed by atoms with van der Waals surface area (Å²) in [5.41, 5.74) is 6.69. The van der Waals surface area contributed by atoms with E-state index in [1.807, 2.05) is 13.0 Å². The maximum atomic E-state index is 5.79. The Kier molecular flexibility index (Phi) is 7.06. The van der Waals surface area contributed by atoms with Gasteiger partial charge in [-0.2, -0.15) is 0 Å². The summed E-state index contributed by atoms with van der Waals surface area (Å²) in [6.45, 7) is 7.39. The van der Waals surface area contributed by atoms with Crippen LogP contribution in [0.25, 0.3) is 0 Å². The van der Waals surface area contributed by atoms with Crippen LogP contribution in [0.4, 0.5) is 0 Å². The van der Waals surface area contributed by atoms with Gasteiger partial charge in [0.1, 0.15) is 18.1 Å². The van der Waals surface area contributed by atoms with E-state index < -0.39 is 0 Å². The highest BCUT2D eigenvalue weighted by atomic mass is 16.5. The molecule has 0 radical (unpaired) electrons. The van der Waals surface area contributed by atoms with Crippen LogP contribution in [-0.2, 0) is 17.9 Å². The first-order valence-electron chi connectivity index (χ1n) is 7.07. The highest BCUT2D eigenvalue weighted by Crippen LogP contribution is 2.16. The van der Waals surface area contributed by atoms with Gasteiger partial charge >= 0.3 is 0 Å². The van der Waals surface area contributed by atoms with Gasteiger partial charge in [-0.25, -0.2) is 0 Å². The molecule has 0 fully saturated rings. The lowest BCUT2D eigenvalue weighted by Gasteiger charge is -2.11. The van der Waals surface area contributed by atoms with Crippen molar-refractivity contribution in [3.8, 4) is 0 Å². The molecule has 3 nitrogen and oxygen atoms in total. The Labute approximate surface area is 111 Å². The standard InChI is InChI=1S/C15H27NO2/c1-4-5-6-7-8-12(2)17-11-15-9-14(10-16)13(3)18-15/h9,12H,4-8,10-11,16H2,1-3H3. The van der Waals surface area contributed by atoms with Crippen LogP contribution in [0.1, 0.15) is 63.0 Å². The minimum atomic E-state index is 0.300. The predicted molar refractivity (Wildman–Crippen MR) is 74.3 cm³/mol. The van der Waals surface area contributed by atoms with Crippen molar-refractivity contribution in [2.45, 2.75) is 72.1 Å². The average molecular weight is 253 g/mol. The largest absolute Gasteiger partial charge is 0.464 e. The zero-order valence-corrected chi connectivity index (χ0v) is 12.0. The monoisotopic (exact) mass is 253 g/mol. The summed E-state index contributed by atoms with van der Waals surface area (Å²) in [5, 5.41) is 0. The van der Waals surface area contributed by atoms with Crippen LogP contribution >= 0.6 is 0 Å². The molecule has 1 unspecified atom stereocenters. The summed E-state index contributed by atoms with van der Waals surface area (Å²) < 4.78 is 11.4. The summed E-state index contributed by atoms with van der Waals surface area (Å²) in [6, 6.07) is 2.00. The fraction of sp³-hybridized carbons (Fsp3) is 0.733. The number of rotatable bonds is 9. The van der Waals surface area contributed by atoms with Crippen molar-refractivity contribution in [3.05, 3.63) is 23.2 Å². The Balaban J connectivity index is 2.22. The number of nitrogens with two attached hydrogens (primary N) is 1. The van der Waals surface area contributed by atoms with Crippen LogP contribution in [0.5, 0.6) is 0 Å². The molecule has 0 saturated carbocycles. The van der Waals surface area contributed by atoms with Crippen LogP contribution in [0.15, 0.2) is 10.5 Å². The third kappa shape index (κ3) is 5.23. The number of hydrogen-bond donors (Lipinski definition) is 1. The van der Waals surface area contributed by atoms with Crippen LogP contribution in [0.2, 0.25) is 0 Å². The number of unbranched alkanes of at least 4 members (excludes halogenated alkanes) is 3. The highest BCUT2D eigenvalue weighted by molar-refractivity contribution is 5.19. The molecule has 1 heterocycles. The fourth-order valence-corrected chi connectivity index (χ4v) is 2.03. The highest BCUT2D eigenvalue weighted by Gasteiger charge is 2.08. The molecule has 0 aromatic carbocycles. The molecule has 104 valence electrons. The Bertz CT molecular complexity index is 333. The van der Waals surface area contributed by atoms with Crippen LogP contribution in [-0.4, -0.2) is 6.10 Å². The summed E-state index contributed by atoms with van der Waals surface area (Å²) in [5.74, 6) is 1.79. The van der Waals surface area contributed by atoms with Gasteiger partial charge < -0.3 is 14.9 Å². The predicted octanol–water partition coefficient (Wildman–Crippen LogP) is 3.92. The Morgan fingerprint density at radius 3 is 2.72 bits per heavy atom. The molecule has 1 rings (SSSR count). The van der Waals surface area contributed by atoms with Crippen LogP contribution in [0.3, 0.4) is 0 Å². The maximum absolute atomic E-state index is 5.79. The molecule has 3 heteroatoms. The van der Waals surface area contributed by atoms with Gasteiger partial charge in [-0.1, -0.05) is 32.6 Å². The van der Waals surface area contributed by atoms with Gasteiger partial charge in [0.2, 0.25) is 0 Å². The van der Waals surface area contributed by atoms with Gasteiger partial charge in [0.15, 0.2) is 0 Å². The minimum absolute atomic E-state index is 0.300. The van der Waals surface area contributed by atoms with Crippen molar-refractivity contribution in [1.82, 2.24) is 0 Å². The van der Waals surface area contributed by atoms with Crippen molar-refractivity contribution < 1.29 is 9.15 Å². The van der Waals surface area contributed by atoms with E-state index in [1.165, 1.54) is 25.7 Å². The smallest absolute Gasteiger partial charge is 0.130 e. The second-order valence-electron chi connectivity index (χ2n) is 4.97. The quantitative estimate of drug-likeness (QED) is 0.678. The molecule has 1 atom stereocenters. The van der Waals surface area contributed by atoms with Gasteiger partial charge in [-0.05, 0) is 26.3 Å². The zero-order chi connectivity index (χ0) is 13.4. The number of hydrogen-bond acceptors (Lipinski definition) is 3. The van der Waals surface area contributed by atoms with Gasteiger partial charge in [-0.15, -0.1) is 0 Å². The molecule has 0 aliphatic rings. The molecular formula is C15H27NO2. The molecule has 18 heavy (non-hydrogen) atoms. The van der Waals surface area contributed by atoms with Gasteiger partial charge in [-0.3, -0.25) is 0 Å². The molecule has 0 bridgehead atoms. The summed E-state index contributed by atoms with van der Waals surface area (Å²) in [7, 11) is 0. The molecule has 0 aliphatic carbocycles. The van der Waals surface area contributed by atoms with Crippen molar-refractivity contribution in [2.75, 3.05) is 0 Å². The van der Waals surface area contributed by atoms with Gasteiger partial charge in [0.05, 0.1) is 6.10 Å². The summed E-state index contributed by atoms with van der Waals surface area (Å²) >= 11 is 0. The number of furan rings is 1.